The summed E-state index contributed by atoms with van der Waals surface area (Å²) < 4.78 is 5.15. The van der Waals surface area contributed by atoms with Gasteiger partial charge < -0.3 is 9.84 Å². The van der Waals surface area contributed by atoms with E-state index >= 15 is 0 Å². The Bertz CT molecular complexity index is 797. The molecule has 0 saturated heterocycles. The molecule has 0 bridgehead atoms. The van der Waals surface area contributed by atoms with Gasteiger partial charge in [-0.3, -0.25) is 0 Å². The minimum atomic E-state index is 0.356. The Balaban J connectivity index is 0.000000136. The average Bonchev–Trinajstić information content (AvgIpc) is 3.07. The van der Waals surface area contributed by atoms with Crippen molar-refractivity contribution < 1.29 is 9.84 Å². The van der Waals surface area contributed by atoms with E-state index < -0.39 is 0 Å². The maximum atomic E-state index is 9.15. The Morgan fingerprint density at radius 1 is 0.826 bits per heavy atom. The van der Waals surface area contributed by atoms with Crippen molar-refractivity contribution >= 4 is 12.2 Å². The van der Waals surface area contributed by atoms with Gasteiger partial charge in [0.2, 0.25) is 0 Å². The molecule has 2 aliphatic rings. The predicted molar refractivity (Wildman–Crippen MR) is 95.8 cm³/mol. The highest BCUT2D eigenvalue weighted by molar-refractivity contribution is 5.65. The van der Waals surface area contributed by atoms with Gasteiger partial charge in [0.15, 0.2) is 0 Å². The van der Waals surface area contributed by atoms with E-state index in [9.17, 15) is 0 Å². The highest BCUT2D eigenvalue weighted by Crippen LogP contribution is 2.28. The summed E-state index contributed by atoms with van der Waals surface area (Å²) in [7, 11) is 1.70. The fraction of sp³-hybridized carbons (Fsp3) is 0.238. The molecule has 23 heavy (non-hydrogen) atoms. The molecule has 2 aromatic rings. The largest absolute Gasteiger partial charge is 0.508 e. The van der Waals surface area contributed by atoms with Crippen molar-refractivity contribution in [3.8, 4) is 11.5 Å². The van der Waals surface area contributed by atoms with Crippen LogP contribution in [0.3, 0.4) is 0 Å². The first-order chi connectivity index (χ1) is 11.0. The molecule has 2 aliphatic carbocycles. The number of fused-ring (bicyclic) bond motifs is 2. The van der Waals surface area contributed by atoms with Crippen molar-refractivity contribution in [1.29, 1.82) is 0 Å². The summed E-state index contributed by atoms with van der Waals surface area (Å²) in [4.78, 5) is 0. The van der Waals surface area contributed by atoms with Gasteiger partial charge in [0.05, 0.1) is 7.11 Å². The van der Waals surface area contributed by atoms with Gasteiger partial charge in [0.1, 0.15) is 11.5 Å². The van der Waals surface area contributed by atoms with Crippen LogP contribution in [0, 0.1) is 0 Å². The first-order valence-electron chi connectivity index (χ1n) is 7.88. The molecule has 0 amide bonds. The molecule has 0 unspecified atom stereocenters. The summed E-state index contributed by atoms with van der Waals surface area (Å²) in [5.41, 5.74) is 8.01. The molecule has 0 heterocycles. The third-order valence-corrected chi connectivity index (χ3v) is 4.22. The number of phenolic OH excluding ortho intramolecular Hbond substituents is 1. The Morgan fingerprint density at radius 3 is 2.00 bits per heavy atom. The Labute approximate surface area is 137 Å². The molecule has 2 aromatic carbocycles. The van der Waals surface area contributed by atoms with E-state index in [-0.39, 0.29) is 0 Å². The van der Waals surface area contributed by atoms with Crippen LogP contribution in [0.25, 0.3) is 12.2 Å². The smallest absolute Gasteiger partial charge is 0.119 e. The molecular weight excluding hydrogens is 284 g/mol. The standard InChI is InChI=1S/C11H12O.C10H10O/c1-8-5-9-3-4-11(12-2)7-10(9)6-8;1-7-4-8-2-3-10(11)6-9(8)5-7/h3-4,6-7H,5H2,1-2H3;2-3,5-6,11H,4H2,1H3. The third-order valence-electron chi connectivity index (χ3n) is 4.22. The monoisotopic (exact) mass is 306 g/mol. The number of ether oxygens (including phenoxy) is 1. The molecule has 4 rings (SSSR count). The molecule has 2 nitrogen and oxygen atoms in total. The fourth-order valence-electron chi connectivity index (χ4n) is 3.11. The van der Waals surface area contributed by atoms with Crippen LogP contribution < -0.4 is 4.74 Å². The lowest BCUT2D eigenvalue weighted by Crippen LogP contribution is -1.86. The zero-order valence-electron chi connectivity index (χ0n) is 13.9. The number of hydrogen-bond donors (Lipinski definition) is 1. The molecule has 0 aliphatic heterocycles. The minimum Gasteiger partial charge on any atom is -0.508 e. The second-order valence-electron chi connectivity index (χ2n) is 6.28. The highest BCUT2D eigenvalue weighted by Gasteiger charge is 2.09. The highest BCUT2D eigenvalue weighted by atomic mass is 16.5. The molecule has 1 N–H and O–H groups in total. The molecule has 118 valence electrons. The van der Waals surface area contributed by atoms with Gasteiger partial charge in [0, 0.05) is 0 Å². The maximum Gasteiger partial charge on any atom is 0.119 e. The second-order valence-corrected chi connectivity index (χ2v) is 6.28. The fourth-order valence-corrected chi connectivity index (χ4v) is 3.11. The SMILES string of the molecule is CC1=Cc2cc(O)ccc2C1.COc1ccc2c(c1)C=C(C)C2. The molecular formula is C21H22O2. The summed E-state index contributed by atoms with van der Waals surface area (Å²) in [6.07, 6.45) is 6.47. The van der Waals surface area contributed by atoms with E-state index in [2.05, 4.69) is 38.1 Å². The number of hydrogen-bond acceptors (Lipinski definition) is 2. The van der Waals surface area contributed by atoms with Crippen LogP contribution in [0.4, 0.5) is 0 Å². The van der Waals surface area contributed by atoms with E-state index in [0.717, 1.165) is 18.6 Å². The predicted octanol–water partition coefficient (Wildman–Crippen LogP) is 5.01. The Kier molecular flexibility index (Phi) is 4.24. The van der Waals surface area contributed by atoms with Crippen LogP contribution in [0.5, 0.6) is 11.5 Å². The zero-order chi connectivity index (χ0) is 16.4. The normalized spacial score (nSPS) is 14.2. The maximum absolute atomic E-state index is 9.15. The van der Waals surface area contributed by atoms with Crippen molar-refractivity contribution in [2.24, 2.45) is 0 Å². The van der Waals surface area contributed by atoms with Crippen LogP contribution in [0.15, 0.2) is 47.5 Å². The summed E-state index contributed by atoms with van der Waals surface area (Å²) in [5, 5.41) is 9.15. The van der Waals surface area contributed by atoms with Gasteiger partial charge in [-0.1, -0.05) is 35.4 Å². The summed E-state index contributed by atoms with van der Waals surface area (Å²) in [6, 6.07) is 11.8. The zero-order valence-corrected chi connectivity index (χ0v) is 13.9. The van der Waals surface area contributed by atoms with Crippen LogP contribution in [-0.4, -0.2) is 12.2 Å². The lowest BCUT2D eigenvalue weighted by atomic mass is 10.1. The molecule has 0 radical (unpaired) electrons. The summed E-state index contributed by atoms with van der Waals surface area (Å²) in [6.45, 7) is 4.27. The van der Waals surface area contributed by atoms with Gasteiger partial charge in [-0.05, 0) is 73.2 Å². The average molecular weight is 306 g/mol. The van der Waals surface area contributed by atoms with Crippen LogP contribution in [0.1, 0.15) is 36.1 Å². The van der Waals surface area contributed by atoms with Crippen molar-refractivity contribution in [1.82, 2.24) is 0 Å². The first-order valence-corrected chi connectivity index (χ1v) is 7.88. The minimum absolute atomic E-state index is 0.356. The molecule has 0 fully saturated rings. The Morgan fingerprint density at radius 2 is 1.39 bits per heavy atom. The number of allylic oxidation sites excluding steroid dienone is 2. The quantitative estimate of drug-likeness (QED) is 0.803. The number of benzene rings is 2. The van der Waals surface area contributed by atoms with E-state index in [1.165, 1.54) is 33.4 Å². The molecule has 0 spiro atoms. The van der Waals surface area contributed by atoms with E-state index in [0.29, 0.717) is 5.75 Å². The molecule has 0 aromatic heterocycles. The van der Waals surface area contributed by atoms with Crippen molar-refractivity contribution in [2.75, 3.05) is 7.11 Å². The van der Waals surface area contributed by atoms with Crippen LogP contribution >= 0.6 is 0 Å². The second kappa shape index (κ2) is 6.33. The lowest BCUT2D eigenvalue weighted by Gasteiger charge is -2.02. The van der Waals surface area contributed by atoms with E-state index in [1.807, 2.05) is 18.2 Å². The van der Waals surface area contributed by atoms with E-state index in [1.54, 1.807) is 13.2 Å². The number of aromatic hydroxyl groups is 1. The topological polar surface area (TPSA) is 29.5 Å². The molecule has 2 heteroatoms. The van der Waals surface area contributed by atoms with Crippen LogP contribution in [-0.2, 0) is 12.8 Å². The molecule has 0 saturated carbocycles. The number of methoxy groups -OCH3 is 1. The Hall–Kier alpha value is -2.48. The first kappa shape index (κ1) is 15.4. The third kappa shape index (κ3) is 3.48. The number of phenols is 1. The van der Waals surface area contributed by atoms with Crippen molar-refractivity contribution in [3.05, 3.63) is 69.8 Å². The van der Waals surface area contributed by atoms with Crippen LogP contribution in [0.2, 0.25) is 0 Å². The van der Waals surface area contributed by atoms with Crippen molar-refractivity contribution in [3.63, 3.8) is 0 Å². The molecule has 0 atom stereocenters. The van der Waals surface area contributed by atoms with Gasteiger partial charge in [-0.15, -0.1) is 0 Å². The van der Waals surface area contributed by atoms with Crippen molar-refractivity contribution in [2.45, 2.75) is 26.7 Å². The van der Waals surface area contributed by atoms with Gasteiger partial charge in [-0.25, -0.2) is 0 Å². The number of rotatable bonds is 1. The summed E-state index contributed by atoms with van der Waals surface area (Å²) in [5.74, 6) is 1.30. The van der Waals surface area contributed by atoms with Gasteiger partial charge >= 0.3 is 0 Å². The van der Waals surface area contributed by atoms with E-state index in [4.69, 9.17) is 9.84 Å². The van der Waals surface area contributed by atoms with Gasteiger partial charge in [-0.2, -0.15) is 0 Å². The lowest BCUT2D eigenvalue weighted by molar-refractivity contribution is 0.414. The summed E-state index contributed by atoms with van der Waals surface area (Å²) >= 11 is 0. The van der Waals surface area contributed by atoms with Gasteiger partial charge in [0.25, 0.3) is 0 Å².